The molecule has 94 valence electrons. The minimum absolute atomic E-state index is 0.0892. The SMILES string of the molecule is CCc1ccc(CNc2nc(N)nc(Cl)n2)cc1. The van der Waals surface area contributed by atoms with Crippen LogP contribution in [0.1, 0.15) is 18.1 Å². The molecular formula is C12H14ClN5. The predicted molar refractivity (Wildman–Crippen MR) is 72.4 cm³/mol. The summed E-state index contributed by atoms with van der Waals surface area (Å²) in [6.07, 6.45) is 1.04. The molecule has 1 heterocycles. The van der Waals surface area contributed by atoms with Gasteiger partial charge >= 0.3 is 0 Å². The number of hydrogen-bond donors (Lipinski definition) is 2. The monoisotopic (exact) mass is 263 g/mol. The van der Waals surface area contributed by atoms with E-state index in [1.165, 1.54) is 5.56 Å². The lowest BCUT2D eigenvalue weighted by Crippen LogP contribution is -2.07. The van der Waals surface area contributed by atoms with Gasteiger partial charge in [-0.1, -0.05) is 31.2 Å². The van der Waals surface area contributed by atoms with Crippen molar-refractivity contribution >= 4 is 23.5 Å². The molecule has 0 bridgehead atoms. The molecule has 6 heteroatoms. The normalized spacial score (nSPS) is 10.3. The van der Waals surface area contributed by atoms with Gasteiger partial charge < -0.3 is 11.1 Å². The van der Waals surface area contributed by atoms with Crippen molar-refractivity contribution in [2.75, 3.05) is 11.1 Å². The van der Waals surface area contributed by atoms with E-state index in [0.717, 1.165) is 12.0 Å². The van der Waals surface area contributed by atoms with Crippen LogP contribution in [0, 0.1) is 0 Å². The first-order valence-electron chi connectivity index (χ1n) is 5.66. The van der Waals surface area contributed by atoms with Crippen LogP contribution in [0.25, 0.3) is 0 Å². The molecule has 0 atom stereocenters. The van der Waals surface area contributed by atoms with Crippen molar-refractivity contribution in [3.63, 3.8) is 0 Å². The van der Waals surface area contributed by atoms with Crippen molar-refractivity contribution in [1.82, 2.24) is 15.0 Å². The van der Waals surface area contributed by atoms with Gasteiger partial charge in [0, 0.05) is 6.54 Å². The third-order valence-corrected chi connectivity index (χ3v) is 2.68. The van der Waals surface area contributed by atoms with Gasteiger partial charge in [-0.2, -0.15) is 15.0 Å². The molecule has 3 N–H and O–H groups in total. The summed E-state index contributed by atoms with van der Waals surface area (Å²) in [4.78, 5) is 11.6. The topological polar surface area (TPSA) is 76.7 Å². The first-order valence-corrected chi connectivity index (χ1v) is 6.04. The van der Waals surface area contributed by atoms with E-state index in [0.29, 0.717) is 12.5 Å². The van der Waals surface area contributed by atoms with Crippen LogP contribution >= 0.6 is 11.6 Å². The predicted octanol–water partition coefficient (Wildman–Crippen LogP) is 2.28. The highest BCUT2D eigenvalue weighted by molar-refractivity contribution is 6.28. The molecule has 0 aliphatic heterocycles. The van der Waals surface area contributed by atoms with Crippen LogP contribution in [0.2, 0.25) is 5.28 Å². The molecule has 0 radical (unpaired) electrons. The van der Waals surface area contributed by atoms with E-state index in [9.17, 15) is 0 Å². The molecule has 0 fully saturated rings. The quantitative estimate of drug-likeness (QED) is 0.885. The summed E-state index contributed by atoms with van der Waals surface area (Å²) >= 11 is 5.69. The highest BCUT2D eigenvalue weighted by Crippen LogP contribution is 2.10. The van der Waals surface area contributed by atoms with Gasteiger partial charge in [-0.25, -0.2) is 0 Å². The number of nitrogens with one attached hydrogen (secondary N) is 1. The smallest absolute Gasteiger partial charge is 0.229 e. The minimum Gasteiger partial charge on any atom is -0.368 e. The number of aromatic nitrogens is 3. The molecule has 0 spiro atoms. The second-order valence-corrected chi connectivity index (χ2v) is 4.15. The van der Waals surface area contributed by atoms with Crippen LogP contribution in [0.5, 0.6) is 0 Å². The average Bonchev–Trinajstić information content (AvgIpc) is 2.36. The maximum absolute atomic E-state index is 5.69. The number of rotatable bonds is 4. The Morgan fingerprint density at radius 3 is 2.39 bits per heavy atom. The number of halogens is 1. The summed E-state index contributed by atoms with van der Waals surface area (Å²) in [5.41, 5.74) is 7.93. The zero-order valence-electron chi connectivity index (χ0n) is 10.0. The number of nitrogen functional groups attached to an aromatic ring is 1. The Morgan fingerprint density at radius 2 is 1.78 bits per heavy atom. The highest BCUT2D eigenvalue weighted by atomic mass is 35.5. The Balaban J connectivity index is 2.01. The maximum atomic E-state index is 5.69. The van der Waals surface area contributed by atoms with Crippen molar-refractivity contribution in [3.8, 4) is 0 Å². The van der Waals surface area contributed by atoms with E-state index in [1.54, 1.807) is 0 Å². The van der Waals surface area contributed by atoms with Crippen LogP contribution in [0.3, 0.4) is 0 Å². The second-order valence-electron chi connectivity index (χ2n) is 3.81. The Labute approximate surface area is 110 Å². The number of anilines is 2. The number of nitrogens with two attached hydrogens (primary N) is 1. The second kappa shape index (κ2) is 5.64. The maximum Gasteiger partial charge on any atom is 0.229 e. The lowest BCUT2D eigenvalue weighted by molar-refractivity contribution is 1.01. The fourth-order valence-electron chi connectivity index (χ4n) is 1.52. The standard InChI is InChI=1S/C12H14ClN5/c1-2-8-3-5-9(6-4-8)7-15-12-17-10(13)16-11(14)18-12/h3-6H,2,7H2,1H3,(H3,14,15,16,17,18). The highest BCUT2D eigenvalue weighted by Gasteiger charge is 2.02. The minimum atomic E-state index is 0.0892. The summed E-state index contributed by atoms with van der Waals surface area (Å²) < 4.78 is 0. The Bertz CT molecular complexity index is 506. The van der Waals surface area contributed by atoms with E-state index in [-0.39, 0.29) is 11.2 Å². The van der Waals surface area contributed by atoms with E-state index in [1.807, 2.05) is 0 Å². The molecule has 18 heavy (non-hydrogen) atoms. The molecular weight excluding hydrogens is 250 g/mol. The van der Waals surface area contributed by atoms with Crippen LogP contribution in [-0.4, -0.2) is 15.0 Å². The molecule has 1 aromatic carbocycles. The zero-order valence-corrected chi connectivity index (χ0v) is 10.8. The molecule has 0 amide bonds. The average molecular weight is 264 g/mol. The molecule has 0 unspecified atom stereocenters. The van der Waals surface area contributed by atoms with Crippen LogP contribution < -0.4 is 11.1 Å². The van der Waals surface area contributed by atoms with Crippen molar-refractivity contribution < 1.29 is 0 Å². The Morgan fingerprint density at radius 1 is 1.11 bits per heavy atom. The van der Waals surface area contributed by atoms with Gasteiger partial charge in [-0.3, -0.25) is 0 Å². The lowest BCUT2D eigenvalue weighted by atomic mass is 10.1. The number of benzene rings is 1. The summed E-state index contributed by atoms with van der Waals surface area (Å²) in [6.45, 7) is 2.74. The summed E-state index contributed by atoms with van der Waals surface area (Å²) in [5, 5.41) is 3.14. The van der Waals surface area contributed by atoms with E-state index in [4.69, 9.17) is 17.3 Å². The number of nitrogens with zero attached hydrogens (tertiary/aromatic N) is 3. The van der Waals surface area contributed by atoms with Gasteiger partial charge in [0.1, 0.15) is 0 Å². The molecule has 1 aromatic heterocycles. The van der Waals surface area contributed by atoms with Crippen LogP contribution in [0.15, 0.2) is 24.3 Å². The van der Waals surface area contributed by atoms with Crippen molar-refractivity contribution in [1.29, 1.82) is 0 Å². The van der Waals surface area contributed by atoms with Gasteiger partial charge in [0.15, 0.2) is 0 Å². The molecule has 2 aromatic rings. The summed E-state index contributed by atoms with van der Waals surface area (Å²) in [7, 11) is 0. The van der Waals surface area contributed by atoms with E-state index >= 15 is 0 Å². The van der Waals surface area contributed by atoms with Gasteiger partial charge in [-0.05, 0) is 29.1 Å². The third kappa shape index (κ3) is 3.30. The largest absolute Gasteiger partial charge is 0.368 e. The van der Waals surface area contributed by atoms with Gasteiger partial charge in [0.25, 0.3) is 0 Å². The van der Waals surface area contributed by atoms with Crippen LogP contribution in [-0.2, 0) is 13.0 Å². The molecule has 2 rings (SSSR count). The van der Waals surface area contributed by atoms with Gasteiger partial charge in [0.2, 0.25) is 17.2 Å². The van der Waals surface area contributed by atoms with Crippen molar-refractivity contribution in [3.05, 3.63) is 40.7 Å². The van der Waals surface area contributed by atoms with E-state index < -0.39 is 0 Å². The van der Waals surface area contributed by atoms with E-state index in [2.05, 4.69) is 51.5 Å². The Kier molecular flexibility index (Phi) is 3.94. The number of hydrogen-bond acceptors (Lipinski definition) is 5. The van der Waals surface area contributed by atoms with Crippen LogP contribution in [0.4, 0.5) is 11.9 Å². The molecule has 0 saturated heterocycles. The lowest BCUT2D eigenvalue weighted by Gasteiger charge is -2.06. The molecule has 0 saturated carbocycles. The summed E-state index contributed by atoms with van der Waals surface area (Å²) in [5.74, 6) is 0.492. The third-order valence-electron chi connectivity index (χ3n) is 2.51. The molecule has 0 aliphatic carbocycles. The fourth-order valence-corrected chi connectivity index (χ4v) is 1.69. The van der Waals surface area contributed by atoms with Crippen molar-refractivity contribution in [2.24, 2.45) is 0 Å². The molecule has 5 nitrogen and oxygen atoms in total. The fraction of sp³-hybridized carbons (Fsp3) is 0.250. The first-order chi connectivity index (χ1) is 8.67. The number of aryl methyl sites for hydroxylation is 1. The van der Waals surface area contributed by atoms with Gasteiger partial charge in [-0.15, -0.1) is 0 Å². The zero-order chi connectivity index (χ0) is 13.0. The summed E-state index contributed by atoms with van der Waals surface area (Å²) in [6, 6.07) is 8.34. The molecule has 0 aliphatic rings. The van der Waals surface area contributed by atoms with Gasteiger partial charge in [0.05, 0.1) is 0 Å². The first kappa shape index (κ1) is 12.6. The Hall–Kier alpha value is -1.88. The van der Waals surface area contributed by atoms with Crippen molar-refractivity contribution in [2.45, 2.75) is 19.9 Å².